The molecule has 0 saturated heterocycles. The summed E-state index contributed by atoms with van der Waals surface area (Å²) in [6.45, 7) is 0.0260. The standard InChI is InChI=1S/C8H9F3N2O2/c1-14-6-3-2-5(4-12)13-7(6)15-8(9,10)11/h2-3H,4,12H2,1H3. The molecule has 0 aliphatic carbocycles. The minimum Gasteiger partial charge on any atom is -0.491 e. The molecule has 4 nitrogen and oxygen atoms in total. The number of aromatic nitrogens is 1. The molecule has 0 aliphatic rings. The normalized spacial score (nSPS) is 11.3. The van der Waals surface area contributed by atoms with Crippen LogP contribution in [0.1, 0.15) is 5.69 Å². The molecule has 2 N–H and O–H groups in total. The molecule has 0 saturated carbocycles. The number of hydrogen-bond acceptors (Lipinski definition) is 4. The second-order valence-electron chi connectivity index (χ2n) is 2.56. The number of rotatable bonds is 3. The number of halogens is 3. The second-order valence-corrected chi connectivity index (χ2v) is 2.56. The lowest BCUT2D eigenvalue weighted by Gasteiger charge is -2.11. The van der Waals surface area contributed by atoms with Crippen molar-refractivity contribution in [1.82, 2.24) is 4.98 Å². The molecule has 1 aromatic heterocycles. The summed E-state index contributed by atoms with van der Waals surface area (Å²) in [4.78, 5) is 3.56. The summed E-state index contributed by atoms with van der Waals surface area (Å²) < 4.78 is 44.2. The lowest BCUT2D eigenvalue weighted by molar-refractivity contribution is -0.276. The monoisotopic (exact) mass is 222 g/mol. The first-order chi connectivity index (χ1) is 6.96. The predicted octanol–water partition coefficient (Wildman–Crippen LogP) is 1.45. The van der Waals surface area contributed by atoms with Gasteiger partial charge < -0.3 is 15.2 Å². The Morgan fingerprint density at radius 2 is 2.07 bits per heavy atom. The van der Waals surface area contributed by atoms with Gasteiger partial charge in [-0.2, -0.15) is 0 Å². The fourth-order valence-corrected chi connectivity index (χ4v) is 0.918. The molecule has 0 unspecified atom stereocenters. The third kappa shape index (κ3) is 3.28. The largest absolute Gasteiger partial charge is 0.574 e. The quantitative estimate of drug-likeness (QED) is 0.840. The average molecular weight is 222 g/mol. The van der Waals surface area contributed by atoms with Gasteiger partial charge in [0.1, 0.15) is 0 Å². The summed E-state index contributed by atoms with van der Waals surface area (Å²) in [5.41, 5.74) is 5.52. The fraction of sp³-hybridized carbons (Fsp3) is 0.375. The summed E-state index contributed by atoms with van der Waals surface area (Å²) in [6.07, 6.45) is -4.80. The maximum absolute atomic E-state index is 11.9. The molecule has 0 aliphatic heterocycles. The van der Waals surface area contributed by atoms with Gasteiger partial charge in [0.2, 0.25) is 0 Å². The van der Waals surface area contributed by atoms with E-state index in [2.05, 4.69) is 14.5 Å². The zero-order valence-electron chi connectivity index (χ0n) is 7.84. The van der Waals surface area contributed by atoms with Crippen LogP contribution in [0.15, 0.2) is 12.1 Å². The number of pyridine rings is 1. The Bertz CT molecular complexity index is 341. The van der Waals surface area contributed by atoms with Gasteiger partial charge in [0.25, 0.3) is 5.88 Å². The Morgan fingerprint density at radius 3 is 2.53 bits per heavy atom. The van der Waals surface area contributed by atoms with Gasteiger partial charge in [0.15, 0.2) is 5.75 Å². The third-order valence-corrected chi connectivity index (χ3v) is 1.52. The maximum Gasteiger partial charge on any atom is 0.574 e. The highest BCUT2D eigenvalue weighted by molar-refractivity contribution is 5.34. The first-order valence-electron chi connectivity index (χ1n) is 3.96. The molecule has 0 radical (unpaired) electrons. The van der Waals surface area contributed by atoms with Crippen LogP contribution < -0.4 is 15.2 Å². The van der Waals surface area contributed by atoms with Gasteiger partial charge in [-0.3, -0.25) is 0 Å². The molecule has 0 spiro atoms. The molecule has 0 amide bonds. The van der Waals surface area contributed by atoms with Crippen LogP contribution in [-0.4, -0.2) is 18.5 Å². The number of nitrogens with zero attached hydrogens (tertiary/aromatic N) is 1. The molecule has 0 aromatic carbocycles. The maximum atomic E-state index is 11.9. The minimum absolute atomic E-state index is 0.0260. The summed E-state index contributed by atoms with van der Waals surface area (Å²) in [5.74, 6) is -0.725. The highest BCUT2D eigenvalue weighted by Gasteiger charge is 2.33. The van der Waals surface area contributed by atoms with Crippen molar-refractivity contribution in [1.29, 1.82) is 0 Å². The highest BCUT2D eigenvalue weighted by atomic mass is 19.4. The number of alkyl halides is 3. The SMILES string of the molecule is COc1ccc(CN)nc1OC(F)(F)F. The summed E-state index contributed by atoms with van der Waals surface area (Å²) in [5, 5.41) is 0. The molecule has 1 aromatic rings. The van der Waals surface area contributed by atoms with Gasteiger partial charge in [-0.15, -0.1) is 13.2 Å². The van der Waals surface area contributed by atoms with Crippen LogP contribution >= 0.6 is 0 Å². The van der Waals surface area contributed by atoms with Crippen molar-refractivity contribution in [3.8, 4) is 11.6 Å². The first kappa shape index (κ1) is 11.6. The zero-order valence-corrected chi connectivity index (χ0v) is 7.84. The van der Waals surface area contributed by atoms with Crippen LogP contribution in [0.25, 0.3) is 0 Å². The van der Waals surface area contributed by atoms with Crippen LogP contribution in [0.5, 0.6) is 11.6 Å². The van der Waals surface area contributed by atoms with Gasteiger partial charge in [-0.1, -0.05) is 0 Å². The molecule has 1 heterocycles. The highest BCUT2D eigenvalue weighted by Crippen LogP contribution is 2.29. The Balaban J connectivity index is 3.01. The average Bonchev–Trinajstić information content (AvgIpc) is 2.15. The fourth-order valence-electron chi connectivity index (χ4n) is 0.918. The Labute approximate surface area is 83.8 Å². The van der Waals surface area contributed by atoms with E-state index in [4.69, 9.17) is 5.73 Å². The Hall–Kier alpha value is -1.50. The molecular formula is C8H9F3N2O2. The predicted molar refractivity (Wildman–Crippen MR) is 45.4 cm³/mol. The third-order valence-electron chi connectivity index (χ3n) is 1.52. The molecule has 84 valence electrons. The van der Waals surface area contributed by atoms with Crippen molar-refractivity contribution < 1.29 is 22.6 Å². The van der Waals surface area contributed by atoms with Crippen molar-refractivity contribution in [2.45, 2.75) is 12.9 Å². The topological polar surface area (TPSA) is 57.4 Å². The molecule has 1 rings (SSSR count). The van der Waals surface area contributed by atoms with E-state index < -0.39 is 12.2 Å². The number of nitrogens with two attached hydrogens (primary N) is 1. The Morgan fingerprint density at radius 1 is 1.40 bits per heavy atom. The van der Waals surface area contributed by atoms with Crippen molar-refractivity contribution in [2.24, 2.45) is 5.73 Å². The van der Waals surface area contributed by atoms with E-state index in [1.807, 2.05) is 0 Å². The summed E-state index contributed by atoms with van der Waals surface area (Å²) in [7, 11) is 1.22. The molecular weight excluding hydrogens is 213 g/mol. The van der Waals surface area contributed by atoms with Crippen LogP contribution in [0.4, 0.5) is 13.2 Å². The van der Waals surface area contributed by atoms with Crippen molar-refractivity contribution in [3.63, 3.8) is 0 Å². The Kier molecular flexibility index (Phi) is 3.35. The lowest BCUT2D eigenvalue weighted by Crippen LogP contribution is -2.19. The van der Waals surface area contributed by atoms with Gasteiger partial charge in [0, 0.05) is 6.54 Å². The van der Waals surface area contributed by atoms with Crippen LogP contribution in [0, 0.1) is 0 Å². The summed E-state index contributed by atoms with van der Waals surface area (Å²) >= 11 is 0. The van der Waals surface area contributed by atoms with Crippen LogP contribution in [-0.2, 0) is 6.54 Å². The van der Waals surface area contributed by atoms with Gasteiger partial charge >= 0.3 is 6.36 Å². The van der Waals surface area contributed by atoms with Crippen LogP contribution in [0.2, 0.25) is 0 Å². The molecule has 15 heavy (non-hydrogen) atoms. The number of hydrogen-bond donors (Lipinski definition) is 1. The minimum atomic E-state index is -4.80. The van der Waals surface area contributed by atoms with E-state index >= 15 is 0 Å². The van der Waals surface area contributed by atoms with Gasteiger partial charge in [-0.25, -0.2) is 4.98 Å². The first-order valence-corrected chi connectivity index (χ1v) is 3.96. The molecule has 0 bridgehead atoms. The summed E-state index contributed by atoms with van der Waals surface area (Å²) in [6, 6.07) is 2.78. The van der Waals surface area contributed by atoms with E-state index in [1.54, 1.807) is 0 Å². The smallest absolute Gasteiger partial charge is 0.491 e. The van der Waals surface area contributed by atoms with Crippen molar-refractivity contribution >= 4 is 0 Å². The second kappa shape index (κ2) is 4.35. The van der Waals surface area contributed by atoms with E-state index in [0.717, 1.165) is 0 Å². The van der Waals surface area contributed by atoms with E-state index in [1.165, 1.54) is 19.2 Å². The van der Waals surface area contributed by atoms with E-state index in [-0.39, 0.29) is 18.0 Å². The molecule has 0 atom stereocenters. The zero-order chi connectivity index (χ0) is 11.5. The van der Waals surface area contributed by atoms with Gasteiger partial charge in [0.05, 0.1) is 12.8 Å². The number of methoxy groups -OCH3 is 1. The van der Waals surface area contributed by atoms with E-state index in [9.17, 15) is 13.2 Å². The number of ether oxygens (including phenoxy) is 2. The molecule has 7 heteroatoms. The van der Waals surface area contributed by atoms with Crippen LogP contribution in [0.3, 0.4) is 0 Å². The van der Waals surface area contributed by atoms with Gasteiger partial charge in [-0.05, 0) is 12.1 Å². The van der Waals surface area contributed by atoms with Crippen molar-refractivity contribution in [2.75, 3.05) is 7.11 Å². The molecule has 0 fully saturated rings. The van der Waals surface area contributed by atoms with E-state index in [0.29, 0.717) is 0 Å². The van der Waals surface area contributed by atoms with Crippen molar-refractivity contribution in [3.05, 3.63) is 17.8 Å². The lowest BCUT2D eigenvalue weighted by atomic mass is 10.3.